The maximum absolute atomic E-state index is 11.6. The Morgan fingerprint density at radius 1 is 1.35 bits per heavy atom. The van der Waals surface area contributed by atoms with E-state index >= 15 is 0 Å². The average molecular weight is 286 g/mol. The summed E-state index contributed by atoms with van der Waals surface area (Å²) in [6, 6.07) is -0.757. The second-order valence-electron chi connectivity index (χ2n) is 3.91. The number of nitrogens with one attached hydrogen (secondary N) is 1. The zero-order valence-corrected chi connectivity index (χ0v) is 11.7. The number of terminal acetylenes is 1. The van der Waals surface area contributed by atoms with Crippen LogP contribution in [0.1, 0.15) is 12.8 Å². The van der Waals surface area contributed by atoms with Crippen molar-refractivity contribution in [2.24, 2.45) is 5.73 Å². The van der Waals surface area contributed by atoms with Gasteiger partial charge in [0, 0.05) is 20.1 Å². The van der Waals surface area contributed by atoms with Crippen molar-refractivity contribution in [2.45, 2.75) is 18.9 Å². The second-order valence-corrected chi connectivity index (χ2v) is 3.91. The molecule has 7 nitrogen and oxygen atoms in total. The van der Waals surface area contributed by atoms with Gasteiger partial charge in [0.15, 0.2) is 6.61 Å². The van der Waals surface area contributed by atoms with Crippen molar-refractivity contribution in [3.05, 3.63) is 0 Å². The summed E-state index contributed by atoms with van der Waals surface area (Å²) in [6.45, 7) is 1.65. The third-order valence-corrected chi connectivity index (χ3v) is 2.29. The Balaban J connectivity index is 3.61. The van der Waals surface area contributed by atoms with Gasteiger partial charge in [-0.15, -0.1) is 6.42 Å². The number of nitrogens with two attached hydrogens (primary N) is 1. The summed E-state index contributed by atoms with van der Waals surface area (Å²) in [5.74, 6) is 1.39. The van der Waals surface area contributed by atoms with E-state index in [1.54, 1.807) is 7.11 Å². The van der Waals surface area contributed by atoms with E-state index in [4.69, 9.17) is 21.6 Å². The minimum atomic E-state index is -0.757. The molecule has 7 heteroatoms. The molecule has 1 unspecified atom stereocenters. The number of hydrogen-bond acceptors (Lipinski definition) is 6. The van der Waals surface area contributed by atoms with Gasteiger partial charge in [0.1, 0.15) is 0 Å². The summed E-state index contributed by atoms with van der Waals surface area (Å²) in [5.41, 5.74) is 5.64. The quantitative estimate of drug-likeness (QED) is 0.288. The molecule has 0 aromatic heterocycles. The Kier molecular flexibility index (Phi) is 11.4. The molecule has 0 bridgehead atoms. The predicted molar refractivity (Wildman–Crippen MR) is 72.7 cm³/mol. The molecule has 0 aliphatic carbocycles. The molecule has 0 heterocycles. The molecule has 1 atom stereocenters. The highest BCUT2D eigenvalue weighted by Gasteiger charge is 2.15. The third kappa shape index (κ3) is 10.3. The predicted octanol–water partition coefficient (Wildman–Crippen LogP) is -0.950. The highest BCUT2D eigenvalue weighted by atomic mass is 16.5. The minimum Gasteiger partial charge on any atom is -0.452 e. The van der Waals surface area contributed by atoms with Gasteiger partial charge in [0.2, 0.25) is 5.91 Å². The van der Waals surface area contributed by atoms with Gasteiger partial charge in [-0.3, -0.25) is 9.59 Å². The monoisotopic (exact) mass is 286 g/mol. The SMILES string of the molecule is C#CCOC(=O)CCC(N)C(=O)NCCOCCOC. The Morgan fingerprint density at radius 3 is 2.75 bits per heavy atom. The van der Waals surface area contributed by atoms with E-state index in [1.165, 1.54) is 0 Å². The normalized spacial score (nSPS) is 11.4. The van der Waals surface area contributed by atoms with E-state index in [2.05, 4.69) is 16.0 Å². The lowest BCUT2D eigenvalue weighted by Gasteiger charge is -2.11. The zero-order valence-electron chi connectivity index (χ0n) is 11.7. The average Bonchev–Trinajstić information content (AvgIpc) is 2.45. The van der Waals surface area contributed by atoms with Crippen molar-refractivity contribution < 1.29 is 23.8 Å². The molecule has 0 aromatic carbocycles. The fraction of sp³-hybridized carbons (Fsp3) is 0.692. The van der Waals surface area contributed by atoms with E-state index in [9.17, 15) is 9.59 Å². The summed E-state index contributed by atoms with van der Waals surface area (Å²) < 4.78 is 14.6. The van der Waals surface area contributed by atoms with Crippen molar-refractivity contribution >= 4 is 11.9 Å². The lowest BCUT2D eigenvalue weighted by Crippen LogP contribution is -2.42. The molecule has 0 saturated carbocycles. The Hall–Kier alpha value is -1.62. The van der Waals surface area contributed by atoms with Gasteiger partial charge in [-0.05, 0) is 6.42 Å². The minimum absolute atomic E-state index is 0.0562. The number of rotatable bonds is 11. The van der Waals surface area contributed by atoms with Crippen LogP contribution in [0.25, 0.3) is 0 Å². The van der Waals surface area contributed by atoms with E-state index in [0.717, 1.165) is 0 Å². The first-order chi connectivity index (χ1) is 9.61. The standard InChI is InChI=1S/C13H22N2O5/c1-3-7-20-12(16)5-4-11(14)13(17)15-6-8-19-10-9-18-2/h1,11H,4-10,14H2,2H3,(H,15,17). The van der Waals surface area contributed by atoms with Crippen LogP contribution in [0, 0.1) is 12.3 Å². The van der Waals surface area contributed by atoms with E-state index in [0.29, 0.717) is 26.4 Å². The molecule has 0 aliphatic heterocycles. The summed E-state index contributed by atoms with van der Waals surface area (Å²) in [6.07, 6.45) is 5.21. The lowest BCUT2D eigenvalue weighted by molar-refractivity contribution is -0.142. The molecule has 0 spiro atoms. The van der Waals surface area contributed by atoms with Gasteiger partial charge in [0.25, 0.3) is 0 Å². The molecule has 0 fully saturated rings. The van der Waals surface area contributed by atoms with Crippen LogP contribution < -0.4 is 11.1 Å². The highest BCUT2D eigenvalue weighted by Crippen LogP contribution is 1.97. The van der Waals surface area contributed by atoms with Crippen LogP contribution in [0.3, 0.4) is 0 Å². The summed E-state index contributed by atoms with van der Waals surface area (Å²) >= 11 is 0. The summed E-state index contributed by atoms with van der Waals surface area (Å²) in [7, 11) is 1.58. The maximum Gasteiger partial charge on any atom is 0.306 e. The zero-order chi connectivity index (χ0) is 15.2. The van der Waals surface area contributed by atoms with Crippen molar-refractivity contribution in [1.82, 2.24) is 5.32 Å². The molecule has 114 valence electrons. The van der Waals surface area contributed by atoms with E-state index < -0.39 is 12.0 Å². The fourth-order valence-electron chi connectivity index (χ4n) is 1.22. The Morgan fingerprint density at radius 2 is 2.10 bits per heavy atom. The number of carbonyl (C=O) groups is 2. The number of esters is 1. The van der Waals surface area contributed by atoms with Crippen LogP contribution in [0.5, 0.6) is 0 Å². The number of carbonyl (C=O) groups excluding carboxylic acids is 2. The molecule has 1 amide bonds. The van der Waals surface area contributed by atoms with Gasteiger partial charge >= 0.3 is 5.97 Å². The fourth-order valence-corrected chi connectivity index (χ4v) is 1.22. The van der Waals surface area contributed by atoms with Crippen LogP contribution in [0.2, 0.25) is 0 Å². The van der Waals surface area contributed by atoms with Gasteiger partial charge in [-0.25, -0.2) is 0 Å². The van der Waals surface area contributed by atoms with Gasteiger partial charge < -0.3 is 25.3 Å². The molecule has 0 aliphatic rings. The summed E-state index contributed by atoms with van der Waals surface area (Å²) in [4.78, 5) is 22.7. The summed E-state index contributed by atoms with van der Waals surface area (Å²) in [5, 5.41) is 2.61. The van der Waals surface area contributed by atoms with Gasteiger partial charge in [0.05, 0.1) is 25.9 Å². The van der Waals surface area contributed by atoms with E-state index in [-0.39, 0.29) is 25.4 Å². The smallest absolute Gasteiger partial charge is 0.306 e. The van der Waals surface area contributed by atoms with Crippen LogP contribution in [0.4, 0.5) is 0 Å². The first kappa shape index (κ1) is 18.4. The largest absolute Gasteiger partial charge is 0.452 e. The van der Waals surface area contributed by atoms with E-state index in [1.807, 2.05) is 0 Å². The molecule has 0 saturated heterocycles. The molecular weight excluding hydrogens is 264 g/mol. The lowest BCUT2D eigenvalue weighted by atomic mass is 10.1. The molecule has 0 rings (SSSR count). The Labute approximate surface area is 119 Å². The Bertz CT molecular complexity index is 327. The van der Waals surface area contributed by atoms with Gasteiger partial charge in [-0.2, -0.15) is 0 Å². The third-order valence-electron chi connectivity index (χ3n) is 2.29. The number of amides is 1. The molecule has 0 aromatic rings. The van der Waals surface area contributed by atoms with Crippen LogP contribution in [-0.4, -0.2) is 58.0 Å². The second kappa shape index (κ2) is 12.4. The van der Waals surface area contributed by atoms with Crippen LogP contribution in [0.15, 0.2) is 0 Å². The van der Waals surface area contributed by atoms with Crippen molar-refractivity contribution in [3.8, 4) is 12.3 Å². The topological polar surface area (TPSA) is 99.9 Å². The molecule has 3 N–H and O–H groups in total. The highest BCUT2D eigenvalue weighted by molar-refractivity contribution is 5.82. The maximum atomic E-state index is 11.6. The first-order valence-electron chi connectivity index (χ1n) is 6.30. The van der Waals surface area contributed by atoms with Crippen LogP contribution in [-0.2, 0) is 23.8 Å². The van der Waals surface area contributed by atoms with Crippen molar-refractivity contribution in [3.63, 3.8) is 0 Å². The number of hydrogen-bond donors (Lipinski definition) is 2. The molecule has 0 radical (unpaired) electrons. The number of ether oxygens (including phenoxy) is 3. The number of methoxy groups -OCH3 is 1. The molecular formula is C13H22N2O5. The van der Waals surface area contributed by atoms with Crippen LogP contribution >= 0.6 is 0 Å². The van der Waals surface area contributed by atoms with Crippen molar-refractivity contribution in [2.75, 3.05) is 40.1 Å². The molecule has 20 heavy (non-hydrogen) atoms. The first-order valence-corrected chi connectivity index (χ1v) is 6.30. The van der Waals surface area contributed by atoms with Crippen molar-refractivity contribution in [1.29, 1.82) is 0 Å². The van der Waals surface area contributed by atoms with Gasteiger partial charge in [-0.1, -0.05) is 5.92 Å².